The molecule has 1 unspecified atom stereocenters. The Morgan fingerprint density at radius 2 is 1.31 bits per heavy atom. The van der Waals surface area contributed by atoms with Crippen LogP contribution in [0.2, 0.25) is 0 Å². The second-order valence-corrected chi connectivity index (χ2v) is 18.3. The van der Waals surface area contributed by atoms with Gasteiger partial charge < -0.3 is 35.9 Å². The van der Waals surface area contributed by atoms with Gasteiger partial charge in [-0.3, -0.25) is 9.00 Å². The molecule has 2 atom stereocenters. The van der Waals surface area contributed by atoms with Gasteiger partial charge in [-0.2, -0.15) is 0 Å². The van der Waals surface area contributed by atoms with Crippen molar-refractivity contribution in [3.05, 3.63) is 64.7 Å². The van der Waals surface area contributed by atoms with Crippen LogP contribution >= 0.6 is 15.9 Å². The molecule has 2 saturated carbocycles. The van der Waals surface area contributed by atoms with Crippen LogP contribution < -0.4 is 55.8 Å². The maximum Gasteiger partial charge on any atom is 1.00 e. The normalized spacial score (nSPS) is 19.4. The number of benzene rings is 2. The van der Waals surface area contributed by atoms with Crippen molar-refractivity contribution in [2.24, 2.45) is 0 Å². The number of fused-ring (bicyclic) bond motifs is 8. The summed E-state index contributed by atoms with van der Waals surface area (Å²) < 4.78 is 56.3. The average Bonchev–Trinajstić information content (AvgIpc) is 3.73. The molecule has 0 radical (unpaired) electrons. The molecule has 306 valence electrons. The van der Waals surface area contributed by atoms with Gasteiger partial charge >= 0.3 is 35.5 Å². The smallest absolute Gasteiger partial charge is 0.773 e. The monoisotopic (exact) mass is 907 g/mol. The van der Waals surface area contributed by atoms with Crippen molar-refractivity contribution >= 4 is 54.7 Å². The number of nitrogens with zero attached hydrogens (tertiary/aromatic N) is 4. The van der Waals surface area contributed by atoms with Crippen LogP contribution in [0.1, 0.15) is 88.4 Å². The summed E-state index contributed by atoms with van der Waals surface area (Å²) in [5, 5.41) is 11.2. The number of hydrogen-bond donors (Lipinski definition) is 4. The van der Waals surface area contributed by atoms with Gasteiger partial charge in [0, 0.05) is 40.9 Å². The molecule has 2 aromatic heterocycles. The summed E-state index contributed by atoms with van der Waals surface area (Å²) in [5.41, 5.74) is 16.1. The number of carboxylic acid groups (broad SMARTS) is 1. The standard InChI is InChI=1S/C17H19N3O3S.C16H16BrN3O.C5H9NO2.CH4O2S.Na/c1-24(21,22)13-7-5-6-11-12-10-19-16(18)20-15(12)17(23-14(11)13)8-3-2-4-9-17;17-12-6-4-5-10-11-9-19-15(18)20-14(11)16(21-13(10)12)7-2-1-3-8-16;7-5(8)4-2-1-3-6-4;1-4(2)3;/h5-7,10H,2-4,8-9H2,1H3,(H2,18,19,20);4-6,9H,1-3,7-8H2,(H2,18,19,20);4,6H,1-3H2,(H,7,8);1H3,(H,2,3);/q;;;;+1/p-1/t;;4-;;/m..0../s1. The average molecular weight is 909 g/mol. The van der Waals surface area contributed by atoms with E-state index >= 15 is 0 Å². The van der Waals surface area contributed by atoms with Gasteiger partial charge in [0.2, 0.25) is 11.9 Å². The van der Waals surface area contributed by atoms with Gasteiger partial charge in [0.05, 0.1) is 15.9 Å². The van der Waals surface area contributed by atoms with Gasteiger partial charge in [-0.25, -0.2) is 28.4 Å². The van der Waals surface area contributed by atoms with E-state index in [2.05, 4.69) is 41.2 Å². The molecule has 19 heteroatoms. The third-order valence-corrected chi connectivity index (χ3v) is 12.4. The number of nitrogens with two attached hydrogens (primary N) is 2. The Balaban J connectivity index is 0.000000171. The van der Waals surface area contributed by atoms with Crippen molar-refractivity contribution in [1.29, 1.82) is 0 Å². The van der Waals surface area contributed by atoms with E-state index in [1.54, 1.807) is 18.3 Å². The van der Waals surface area contributed by atoms with Gasteiger partial charge in [-0.15, -0.1) is 0 Å². The topological polar surface area (TPSA) is 246 Å². The van der Waals surface area contributed by atoms with Crippen molar-refractivity contribution in [3.8, 4) is 33.8 Å². The van der Waals surface area contributed by atoms with Crippen molar-refractivity contribution in [2.45, 2.75) is 99.2 Å². The fourth-order valence-electron chi connectivity index (χ4n) is 8.14. The van der Waals surface area contributed by atoms with E-state index in [-0.39, 0.29) is 52.0 Å². The van der Waals surface area contributed by atoms with Gasteiger partial charge in [0.25, 0.3) is 0 Å². The Hall–Kier alpha value is -3.23. The maximum atomic E-state index is 12.2. The van der Waals surface area contributed by atoms with E-state index in [0.29, 0.717) is 17.3 Å². The molecule has 9 rings (SSSR count). The summed E-state index contributed by atoms with van der Waals surface area (Å²) in [6.45, 7) is 0.858. The minimum atomic E-state index is -3.40. The molecule has 5 heterocycles. The number of aromatic nitrogens is 4. The van der Waals surface area contributed by atoms with Crippen LogP contribution in [0.4, 0.5) is 11.9 Å². The van der Waals surface area contributed by atoms with E-state index < -0.39 is 32.5 Å². The second kappa shape index (κ2) is 19.4. The van der Waals surface area contributed by atoms with Crippen LogP contribution in [-0.4, -0.2) is 73.3 Å². The Morgan fingerprint density at radius 3 is 1.74 bits per heavy atom. The fraction of sp³-hybridized carbons (Fsp3) is 0.462. The quantitative estimate of drug-likeness (QED) is 0.167. The largest absolute Gasteiger partial charge is 1.00 e. The molecule has 5 aliphatic rings. The Bertz CT molecular complexity index is 2250. The predicted molar refractivity (Wildman–Crippen MR) is 219 cm³/mol. The first-order valence-corrected chi connectivity index (χ1v) is 23.0. The Kier molecular flexibility index (Phi) is 15.4. The maximum absolute atomic E-state index is 12.2. The number of sulfone groups is 1. The molecule has 2 aromatic carbocycles. The third-order valence-electron chi connectivity index (χ3n) is 10.7. The molecule has 2 spiro atoms. The molecule has 3 fully saturated rings. The zero-order valence-corrected chi connectivity index (χ0v) is 38.1. The third kappa shape index (κ3) is 10.2. The van der Waals surface area contributed by atoms with E-state index in [1.165, 1.54) is 12.7 Å². The zero-order valence-electron chi connectivity index (χ0n) is 32.8. The van der Waals surface area contributed by atoms with E-state index in [4.69, 9.17) is 34.8 Å². The van der Waals surface area contributed by atoms with E-state index in [9.17, 15) is 13.2 Å². The number of nitrogen functional groups attached to an aromatic ring is 2. The van der Waals surface area contributed by atoms with Crippen molar-refractivity contribution in [2.75, 3.05) is 30.5 Å². The minimum absolute atomic E-state index is 0. The summed E-state index contributed by atoms with van der Waals surface area (Å²) in [4.78, 5) is 27.7. The van der Waals surface area contributed by atoms with Crippen molar-refractivity contribution in [3.63, 3.8) is 0 Å². The van der Waals surface area contributed by atoms with Crippen LogP contribution in [0, 0.1) is 0 Å². The number of nitrogens with one attached hydrogen (secondary N) is 1. The van der Waals surface area contributed by atoms with Crippen LogP contribution in [0.15, 0.2) is 58.2 Å². The number of halogens is 1. The van der Waals surface area contributed by atoms with Crippen LogP contribution in [-0.2, 0) is 36.9 Å². The zero-order chi connectivity index (χ0) is 41.0. The van der Waals surface area contributed by atoms with Gasteiger partial charge in [-0.1, -0.05) is 48.2 Å². The Morgan fingerprint density at radius 1 is 0.845 bits per heavy atom. The summed E-state index contributed by atoms with van der Waals surface area (Å²) in [5.74, 6) is 1.14. The number of aliphatic carboxylic acids is 1. The molecule has 4 aromatic rings. The molecule has 0 bridgehead atoms. The van der Waals surface area contributed by atoms with Crippen LogP contribution in [0.25, 0.3) is 22.3 Å². The summed E-state index contributed by atoms with van der Waals surface area (Å²) in [6.07, 6.45) is 17.9. The number of hydrogen-bond acceptors (Lipinski definition) is 14. The molecule has 58 heavy (non-hydrogen) atoms. The van der Waals surface area contributed by atoms with Crippen LogP contribution in [0.5, 0.6) is 11.5 Å². The first kappa shape index (κ1) is 45.8. The second-order valence-electron chi connectivity index (χ2n) is 14.7. The molecule has 15 nitrogen and oxygen atoms in total. The van der Waals surface area contributed by atoms with Crippen molar-refractivity contribution in [1.82, 2.24) is 25.3 Å². The number of carbonyl (C=O) groups is 1. The fourth-order valence-corrected chi connectivity index (χ4v) is 9.40. The number of para-hydroxylation sites is 2. The first-order valence-electron chi connectivity index (χ1n) is 18.9. The van der Waals surface area contributed by atoms with Gasteiger partial charge in [0.15, 0.2) is 21.0 Å². The number of rotatable bonds is 2. The van der Waals surface area contributed by atoms with E-state index in [1.807, 2.05) is 30.5 Å². The molecule has 1 saturated heterocycles. The summed E-state index contributed by atoms with van der Waals surface area (Å²) in [6, 6.07) is 11.0. The molecular formula is C39H47BrN7NaO8S2. The number of carboxylic acids is 1. The Labute approximate surface area is 371 Å². The number of ether oxygens (including phenoxy) is 2. The summed E-state index contributed by atoms with van der Waals surface area (Å²) in [7, 11) is -3.40. The summed E-state index contributed by atoms with van der Waals surface area (Å²) >= 11 is 1.75. The molecule has 6 N–H and O–H groups in total. The molecule has 0 amide bonds. The molecular weight excluding hydrogens is 861 g/mol. The van der Waals surface area contributed by atoms with Crippen LogP contribution in [0.3, 0.4) is 0 Å². The van der Waals surface area contributed by atoms with E-state index in [0.717, 1.165) is 122 Å². The number of anilines is 2. The molecule has 3 aliphatic heterocycles. The SMILES string of the molecule is CS(=O)(=O)c1cccc2c1OC1(CCCCC1)c1nc(N)ncc1-2.CS(=O)[O-].Nc1ncc2c(n1)C1(CCCCC1)Oc1c(Br)cccc1-2.O=C(O)[C@@H]1CCCN1.[Na+]. The first-order chi connectivity index (χ1) is 27.1. The van der Waals surface area contributed by atoms with Gasteiger partial charge in [-0.05, 0) is 105 Å². The molecule has 2 aliphatic carbocycles. The minimum Gasteiger partial charge on any atom is -0.773 e. The predicted octanol–water partition coefficient (Wildman–Crippen LogP) is 3.04. The van der Waals surface area contributed by atoms with Crippen molar-refractivity contribution < 1.29 is 66.1 Å². The van der Waals surface area contributed by atoms with Gasteiger partial charge in [0.1, 0.15) is 22.4 Å².